The molecular formula is C26H28F3N3O5S. The lowest BCUT2D eigenvalue weighted by Crippen LogP contribution is -2.41. The molecule has 0 atom stereocenters. The molecule has 0 radical (unpaired) electrons. The maximum Gasteiger partial charge on any atom is 0.573 e. The first-order valence-corrected chi connectivity index (χ1v) is 13.0. The van der Waals surface area contributed by atoms with E-state index in [9.17, 15) is 26.4 Å². The summed E-state index contributed by atoms with van der Waals surface area (Å²) in [6.45, 7) is -0.0240. The van der Waals surface area contributed by atoms with Crippen molar-refractivity contribution in [2.45, 2.75) is 30.8 Å². The zero-order valence-corrected chi connectivity index (χ0v) is 21.4. The van der Waals surface area contributed by atoms with Crippen molar-refractivity contribution in [3.05, 3.63) is 89.5 Å². The fourth-order valence-corrected chi connectivity index (χ4v) is 5.01. The number of benzene rings is 3. The van der Waals surface area contributed by atoms with Gasteiger partial charge in [-0.25, -0.2) is 8.42 Å². The molecule has 0 saturated carbocycles. The number of halogens is 3. The van der Waals surface area contributed by atoms with E-state index in [1.54, 1.807) is 24.3 Å². The standard InChI is InChI=1S/C26H28F3N3O5S/c1-36-24-5-3-2-4-21(24)14-15-32(18-25(33)31-17-20-8-6-19(16-30)7-9-20)38(34,35)23-12-10-22(11-13-23)37-26(27,28)29/h2-13H,14-18,30H2,1H3,(H,31,33). The van der Waals surface area contributed by atoms with Gasteiger partial charge in [-0.05, 0) is 53.4 Å². The maximum absolute atomic E-state index is 13.4. The molecule has 0 saturated heterocycles. The SMILES string of the molecule is COc1ccccc1CCN(CC(=O)NCc1ccc(CN)cc1)S(=O)(=O)c1ccc(OC(F)(F)F)cc1. The van der Waals surface area contributed by atoms with E-state index in [4.69, 9.17) is 10.5 Å². The van der Waals surface area contributed by atoms with Crippen molar-refractivity contribution in [1.82, 2.24) is 9.62 Å². The van der Waals surface area contributed by atoms with Gasteiger partial charge >= 0.3 is 6.36 Å². The predicted octanol–water partition coefficient (Wildman–Crippen LogP) is 3.60. The highest BCUT2D eigenvalue weighted by molar-refractivity contribution is 7.89. The van der Waals surface area contributed by atoms with E-state index in [2.05, 4.69) is 10.1 Å². The lowest BCUT2D eigenvalue weighted by Gasteiger charge is -2.22. The van der Waals surface area contributed by atoms with Crippen molar-refractivity contribution in [2.75, 3.05) is 20.2 Å². The van der Waals surface area contributed by atoms with Gasteiger partial charge in [-0.3, -0.25) is 4.79 Å². The summed E-state index contributed by atoms with van der Waals surface area (Å²) in [5, 5.41) is 2.70. The number of amides is 1. The van der Waals surface area contributed by atoms with E-state index in [0.29, 0.717) is 12.3 Å². The van der Waals surface area contributed by atoms with Crippen LogP contribution in [-0.4, -0.2) is 45.2 Å². The van der Waals surface area contributed by atoms with Crippen LogP contribution < -0.4 is 20.5 Å². The molecule has 12 heteroatoms. The third kappa shape index (κ3) is 8.20. The van der Waals surface area contributed by atoms with Gasteiger partial charge in [0.1, 0.15) is 11.5 Å². The number of methoxy groups -OCH3 is 1. The highest BCUT2D eigenvalue weighted by Crippen LogP contribution is 2.26. The number of carbonyl (C=O) groups is 1. The van der Waals surface area contributed by atoms with Gasteiger partial charge in [0.15, 0.2) is 0 Å². The van der Waals surface area contributed by atoms with Crippen LogP contribution in [0.3, 0.4) is 0 Å². The van der Waals surface area contributed by atoms with Gasteiger partial charge in [0, 0.05) is 19.6 Å². The summed E-state index contributed by atoms with van der Waals surface area (Å²) in [5.41, 5.74) is 8.05. The molecule has 0 aliphatic carbocycles. The Balaban J connectivity index is 1.78. The molecule has 0 heterocycles. The average molecular weight is 552 g/mol. The number of hydrogen-bond acceptors (Lipinski definition) is 6. The van der Waals surface area contributed by atoms with Gasteiger partial charge in [0.2, 0.25) is 15.9 Å². The smallest absolute Gasteiger partial charge is 0.496 e. The number of hydrogen-bond donors (Lipinski definition) is 2. The minimum absolute atomic E-state index is 0.0812. The zero-order chi connectivity index (χ0) is 27.8. The summed E-state index contributed by atoms with van der Waals surface area (Å²) in [4.78, 5) is 12.5. The monoisotopic (exact) mass is 551 g/mol. The Labute approximate surface area is 219 Å². The van der Waals surface area contributed by atoms with Crippen LogP contribution in [0.5, 0.6) is 11.5 Å². The van der Waals surface area contributed by atoms with E-state index in [-0.39, 0.29) is 24.4 Å². The summed E-state index contributed by atoms with van der Waals surface area (Å²) in [6, 6.07) is 18.2. The number of para-hydroxylation sites is 1. The van der Waals surface area contributed by atoms with Gasteiger partial charge in [-0.2, -0.15) is 4.31 Å². The largest absolute Gasteiger partial charge is 0.573 e. The van der Waals surface area contributed by atoms with E-state index in [0.717, 1.165) is 45.3 Å². The van der Waals surface area contributed by atoms with Crippen LogP contribution in [0.4, 0.5) is 13.2 Å². The summed E-state index contributed by atoms with van der Waals surface area (Å²) in [6.07, 6.45) is -4.68. The number of nitrogens with zero attached hydrogens (tertiary/aromatic N) is 1. The second-order valence-electron chi connectivity index (χ2n) is 8.22. The minimum atomic E-state index is -4.91. The first kappa shape index (κ1) is 29.0. The second-order valence-corrected chi connectivity index (χ2v) is 10.2. The van der Waals surface area contributed by atoms with Gasteiger partial charge in [-0.1, -0.05) is 42.5 Å². The summed E-state index contributed by atoms with van der Waals surface area (Å²) in [7, 11) is -2.77. The van der Waals surface area contributed by atoms with Crippen LogP contribution >= 0.6 is 0 Å². The predicted molar refractivity (Wildman–Crippen MR) is 135 cm³/mol. The Kier molecular flexibility index (Phi) is 9.72. The van der Waals surface area contributed by atoms with Gasteiger partial charge in [0.25, 0.3) is 0 Å². The van der Waals surface area contributed by atoms with E-state index in [1.807, 2.05) is 24.3 Å². The number of alkyl halides is 3. The van der Waals surface area contributed by atoms with E-state index < -0.39 is 34.6 Å². The van der Waals surface area contributed by atoms with E-state index >= 15 is 0 Å². The molecule has 0 aliphatic heterocycles. The van der Waals surface area contributed by atoms with Gasteiger partial charge < -0.3 is 20.5 Å². The van der Waals surface area contributed by atoms with Crippen LogP contribution in [0.1, 0.15) is 16.7 Å². The third-order valence-electron chi connectivity index (χ3n) is 5.59. The number of rotatable bonds is 12. The van der Waals surface area contributed by atoms with Crippen LogP contribution in [0, 0.1) is 0 Å². The molecule has 1 amide bonds. The molecule has 0 aromatic heterocycles. The molecule has 0 unspecified atom stereocenters. The van der Waals surface area contributed by atoms with Crippen molar-refractivity contribution in [1.29, 1.82) is 0 Å². The quantitative estimate of drug-likeness (QED) is 0.356. The molecule has 3 aromatic carbocycles. The van der Waals surface area contributed by atoms with Crippen molar-refractivity contribution in [2.24, 2.45) is 5.73 Å². The normalized spacial score (nSPS) is 11.8. The Hall–Kier alpha value is -3.61. The molecule has 204 valence electrons. The Morgan fingerprint density at radius 2 is 1.61 bits per heavy atom. The van der Waals surface area contributed by atoms with Crippen molar-refractivity contribution in [3.63, 3.8) is 0 Å². The van der Waals surface area contributed by atoms with Crippen LogP contribution in [0.25, 0.3) is 0 Å². The summed E-state index contributed by atoms with van der Waals surface area (Å²) >= 11 is 0. The molecule has 0 spiro atoms. The van der Waals surface area contributed by atoms with Crippen molar-refractivity contribution >= 4 is 15.9 Å². The van der Waals surface area contributed by atoms with Crippen molar-refractivity contribution in [3.8, 4) is 11.5 Å². The molecule has 0 aliphatic rings. The van der Waals surface area contributed by atoms with E-state index in [1.165, 1.54) is 7.11 Å². The Morgan fingerprint density at radius 1 is 0.974 bits per heavy atom. The highest BCUT2D eigenvalue weighted by Gasteiger charge is 2.32. The Bertz CT molecular complexity index is 1320. The first-order chi connectivity index (χ1) is 18.0. The van der Waals surface area contributed by atoms with Gasteiger partial charge in [0.05, 0.1) is 18.6 Å². The average Bonchev–Trinajstić information content (AvgIpc) is 2.89. The number of carbonyl (C=O) groups excluding carboxylic acids is 1. The minimum Gasteiger partial charge on any atom is -0.496 e. The fourth-order valence-electron chi connectivity index (χ4n) is 3.61. The molecular weight excluding hydrogens is 523 g/mol. The highest BCUT2D eigenvalue weighted by atomic mass is 32.2. The lowest BCUT2D eigenvalue weighted by atomic mass is 10.1. The first-order valence-electron chi connectivity index (χ1n) is 11.5. The lowest BCUT2D eigenvalue weighted by molar-refractivity contribution is -0.274. The molecule has 3 N–H and O–H groups in total. The Morgan fingerprint density at radius 3 is 2.21 bits per heavy atom. The molecule has 0 fully saturated rings. The molecule has 0 bridgehead atoms. The van der Waals surface area contributed by atoms with Crippen molar-refractivity contribution < 1.29 is 35.9 Å². The summed E-state index contributed by atoms with van der Waals surface area (Å²) < 4.78 is 74.5. The molecule has 3 rings (SSSR count). The topological polar surface area (TPSA) is 111 Å². The third-order valence-corrected chi connectivity index (χ3v) is 7.45. The molecule has 38 heavy (non-hydrogen) atoms. The van der Waals surface area contributed by atoms with Crippen LogP contribution in [0.2, 0.25) is 0 Å². The summed E-state index contributed by atoms with van der Waals surface area (Å²) in [5.74, 6) is -0.548. The fraction of sp³-hybridized carbons (Fsp3) is 0.269. The molecule has 3 aromatic rings. The number of sulfonamides is 1. The maximum atomic E-state index is 13.4. The zero-order valence-electron chi connectivity index (χ0n) is 20.6. The van der Waals surface area contributed by atoms with Crippen LogP contribution in [-0.2, 0) is 34.3 Å². The number of nitrogens with one attached hydrogen (secondary N) is 1. The molecule has 8 nitrogen and oxygen atoms in total. The number of nitrogens with two attached hydrogens (primary N) is 1. The van der Waals surface area contributed by atoms with Crippen LogP contribution in [0.15, 0.2) is 77.7 Å². The number of ether oxygens (including phenoxy) is 2. The second kappa shape index (κ2) is 12.8. The van der Waals surface area contributed by atoms with Gasteiger partial charge in [-0.15, -0.1) is 13.2 Å².